The van der Waals surface area contributed by atoms with Crippen LogP contribution in [0.2, 0.25) is 0 Å². The van der Waals surface area contributed by atoms with Crippen LogP contribution in [0.25, 0.3) is 0 Å². The van der Waals surface area contributed by atoms with Gasteiger partial charge in [-0.2, -0.15) is 0 Å². The highest BCUT2D eigenvalue weighted by atomic mass is 32.2. The molecule has 0 aliphatic rings. The van der Waals surface area contributed by atoms with Crippen molar-refractivity contribution < 1.29 is 13.2 Å². The number of sulfonamides is 1. The number of hydrogen-bond donors (Lipinski definition) is 1. The number of hydrogen-bond acceptors (Lipinski definition) is 3. The van der Waals surface area contributed by atoms with Crippen molar-refractivity contribution in [3.63, 3.8) is 0 Å². The monoisotopic (exact) mass is 381 g/mol. The second-order valence-corrected chi connectivity index (χ2v) is 9.00. The molecule has 140 valence electrons. The Kier molecular flexibility index (Phi) is 5.24. The molecule has 5 heteroatoms. The quantitative estimate of drug-likeness (QED) is 0.628. The van der Waals surface area contributed by atoms with E-state index in [1.54, 1.807) is 36.4 Å². The summed E-state index contributed by atoms with van der Waals surface area (Å²) in [5, 5.41) is 0. The number of anilines is 1. The highest BCUT2D eigenvalue weighted by Crippen LogP contribution is 2.26. The molecule has 0 aromatic heterocycles. The first-order valence-corrected chi connectivity index (χ1v) is 10.2. The molecule has 0 radical (unpaired) electrons. The fourth-order valence-electron chi connectivity index (χ4n) is 2.56. The van der Waals surface area contributed by atoms with Gasteiger partial charge < -0.3 is 4.74 Å². The number of ether oxygens (including phenoxy) is 1. The maximum atomic E-state index is 12.6. The van der Waals surface area contributed by atoms with Gasteiger partial charge in [0, 0.05) is 5.69 Å². The number of benzene rings is 3. The van der Waals surface area contributed by atoms with Crippen molar-refractivity contribution in [2.24, 2.45) is 0 Å². The maximum Gasteiger partial charge on any atom is 0.261 e. The third-order valence-electron chi connectivity index (χ3n) is 4.12. The van der Waals surface area contributed by atoms with E-state index in [9.17, 15) is 8.42 Å². The number of rotatable bonds is 5. The van der Waals surface area contributed by atoms with Gasteiger partial charge in [0.05, 0.1) is 4.90 Å². The van der Waals surface area contributed by atoms with Gasteiger partial charge in [-0.3, -0.25) is 4.72 Å². The van der Waals surface area contributed by atoms with Crippen molar-refractivity contribution in [3.05, 3.63) is 84.4 Å². The van der Waals surface area contributed by atoms with Gasteiger partial charge in [-0.25, -0.2) is 8.42 Å². The highest BCUT2D eigenvalue weighted by Gasteiger charge is 2.17. The van der Waals surface area contributed by atoms with Crippen LogP contribution in [0.5, 0.6) is 11.5 Å². The Hall–Kier alpha value is -2.79. The summed E-state index contributed by atoms with van der Waals surface area (Å²) in [6, 6.07) is 23.2. The first-order chi connectivity index (χ1) is 12.7. The SMILES string of the molecule is CC(C)(C)c1ccc(S(=O)(=O)Nc2ccc(Oc3ccccc3)cc2)cc1. The summed E-state index contributed by atoms with van der Waals surface area (Å²) in [6.07, 6.45) is 0. The Morgan fingerprint density at radius 3 is 1.85 bits per heavy atom. The summed E-state index contributed by atoms with van der Waals surface area (Å²) in [7, 11) is -3.64. The van der Waals surface area contributed by atoms with Crippen molar-refractivity contribution in [3.8, 4) is 11.5 Å². The number of para-hydroxylation sites is 1. The molecule has 0 aliphatic carbocycles. The normalized spacial score (nSPS) is 11.8. The number of nitrogens with one attached hydrogen (secondary N) is 1. The van der Waals surface area contributed by atoms with Crippen LogP contribution >= 0.6 is 0 Å². The summed E-state index contributed by atoms with van der Waals surface area (Å²) in [5.41, 5.74) is 1.55. The molecule has 3 aromatic rings. The second-order valence-electron chi connectivity index (χ2n) is 7.32. The molecule has 0 saturated carbocycles. The van der Waals surface area contributed by atoms with Crippen molar-refractivity contribution in [1.82, 2.24) is 0 Å². The molecule has 0 aliphatic heterocycles. The van der Waals surface area contributed by atoms with Gasteiger partial charge in [-0.15, -0.1) is 0 Å². The molecule has 0 saturated heterocycles. The molecule has 0 atom stereocenters. The molecule has 3 rings (SSSR count). The largest absolute Gasteiger partial charge is 0.457 e. The third-order valence-corrected chi connectivity index (χ3v) is 5.51. The van der Waals surface area contributed by atoms with Crippen molar-refractivity contribution >= 4 is 15.7 Å². The first kappa shape index (κ1) is 19.0. The molecule has 0 amide bonds. The van der Waals surface area contributed by atoms with Crippen LogP contribution in [0, 0.1) is 0 Å². The predicted octanol–water partition coefficient (Wildman–Crippen LogP) is 5.58. The van der Waals surface area contributed by atoms with Crippen LogP contribution in [0.4, 0.5) is 5.69 Å². The van der Waals surface area contributed by atoms with Gasteiger partial charge in [0.2, 0.25) is 0 Å². The van der Waals surface area contributed by atoms with Gasteiger partial charge in [0.15, 0.2) is 0 Å². The zero-order valence-corrected chi connectivity index (χ0v) is 16.5. The fraction of sp³-hybridized carbons (Fsp3) is 0.182. The van der Waals surface area contributed by atoms with E-state index in [-0.39, 0.29) is 10.3 Å². The average molecular weight is 381 g/mol. The Bertz CT molecular complexity index is 988. The Morgan fingerprint density at radius 2 is 1.30 bits per heavy atom. The van der Waals surface area contributed by atoms with Crippen LogP contribution in [0.15, 0.2) is 83.8 Å². The summed E-state index contributed by atoms with van der Waals surface area (Å²) >= 11 is 0. The summed E-state index contributed by atoms with van der Waals surface area (Å²) in [6.45, 7) is 6.27. The lowest BCUT2D eigenvalue weighted by molar-refractivity contribution is 0.483. The molecular weight excluding hydrogens is 358 g/mol. The smallest absolute Gasteiger partial charge is 0.261 e. The minimum Gasteiger partial charge on any atom is -0.457 e. The van der Waals surface area contributed by atoms with Crippen LogP contribution in [-0.2, 0) is 15.4 Å². The molecule has 1 N–H and O–H groups in total. The Morgan fingerprint density at radius 1 is 0.741 bits per heavy atom. The van der Waals surface area contributed by atoms with Gasteiger partial charge in [0.1, 0.15) is 11.5 Å². The van der Waals surface area contributed by atoms with Crippen molar-refractivity contribution in [1.29, 1.82) is 0 Å². The van der Waals surface area contributed by atoms with E-state index in [0.29, 0.717) is 11.4 Å². The van der Waals surface area contributed by atoms with E-state index in [0.717, 1.165) is 11.3 Å². The predicted molar refractivity (Wildman–Crippen MR) is 109 cm³/mol. The molecule has 3 aromatic carbocycles. The molecule has 0 spiro atoms. The highest BCUT2D eigenvalue weighted by molar-refractivity contribution is 7.92. The summed E-state index contributed by atoms with van der Waals surface area (Å²) in [5.74, 6) is 1.36. The Labute approximate surface area is 160 Å². The minimum atomic E-state index is -3.64. The van der Waals surface area contributed by atoms with Crippen molar-refractivity contribution in [2.75, 3.05) is 4.72 Å². The van der Waals surface area contributed by atoms with Crippen LogP contribution in [0.3, 0.4) is 0 Å². The lowest BCUT2D eigenvalue weighted by Crippen LogP contribution is -2.14. The maximum absolute atomic E-state index is 12.6. The molecule has 0 fully saturated rings. The van der Waals surface area contributed by atoms with Crippen molar-refractivity contribution in [2.45, 2.75) is 31.1 Å². The third kappa shape index (κ3) is 4.89. The standard InChI is InChI=1S/C22H23NO3S/c1-22(2,3)17-9-15-21(16-10-17)27(24,25)23-18-11-13-20(14-12-18)26-19-7-5-4-6-8-19/h4-16,23H,1-3H3. The van der Waals surface area contributed by atoms with Gasteiger partial charge >= 0.3 is 0 Å². The van der Waals surface area contributed by atoms with E-state index < -0.39 is 10.0 Å². The molecule has 27 heavy (non-hydrogen) atoms. The second kappa shape index (κ2) is 7.45. The molecule has 4 nitrogen and oxygen atoms in total. The Balaban J connectivity index is 1.72. The van der Waals surface area contributed by atoms with E-state index >= 15 is 0 Å². The minimum absolute atomic E-state index is 0.0235. The van der Waals surface area contributed by atoms with Crippen LogP contribution in [0.1, 0.15) is 26.3 Å². The van der Waals surface area contributed by atoms with Gasteiger partial charge in [0.25, 0.3) is 10.0 Å². The van der Waals surface area contributed by atoms with E-state index in [1.807, 2.05) is 42.5 Å². The fourth-order valence-corrected chi connectivity index (χ4v) is 3.62. The van der Waals surface area contributed by atoms with Crippen LogP contribution < -0.4 is 9.46 Å². The zero-order chi connectivity index (χ0) is 19.5. The van der Waals surface area contributed by atoms with Gasteiger partial charge in [-0.1, -0.05) is 51.1 Å². The van der Waals surface area contributed by atoms with Crippen LogP contribution in [-0.4, -0.2) is 8.42 Å². The van der Waals surface area contributed by atoms with E-state index in [4.69, 9.17) is 4.74 Å². The first-order valence-electron chi connectivity index (χ1n) is 8.70. The molecule has 0 bridgehead atoms. The summed E-state index contributed by atoms with van der Waals surface area (Å²) in [4.78, 5) is 0.236. The summed E-state index contributed by atoms with van der Waals surface area (Å²) < 4.78 is 33.5. The van der Waals surface area contributed by atoms with Gasteiger partial charge in [-0.05, 0) is 59.5 Å². The average Bonchev–Trinajstić information content (AvgIpc) is 2.63. The lowest BCUT2D eigenvalue weighted by Gasteiger charge is -2.19. The molecule has 0 unspecified atom stereocenters. The van der Waals surface area contributed by atoms with E-state index in [2.05, 4.69) is 25.5 Å². The topological polar surface area (TPSA) is 55.4 Å². The zero-order valence-electron chi connectivity index (χ0n) is 15.6. The molecule has 0 heterocycles. The molecular formula is C22H23NO3S. The lowest BCUT2D eigenvalue weighted by atomic mass is 9.87. The van der Waals surface area contributed by atoms with E-state index in [1.165, 1.54) is 0 Å².